The zero-order valence-electron chi connectivity index (χ0n) is 10.3. The second-order valence-corrected chi connectivity index (χ2v) is 6.19. The van der Waals surface area contributed by atoms with Gasteiger partial charge in [0.2, 0.25) is 0 Å². The first-order valence-electron chi connectivity index (χ1n) is 7.09. The monoisotopic (exact) mass is 232 g/mol. The van der Waals surface area contributed by atoms with Crippen LogP contribution in [0.2, 0.25) is 0 Å². The highest BCUT2D eigenvalue weighted by Gasteiger charge is 2.57. The van der Waals surface area contributed by atoms with Crippen LogP contribution in [-0.2, 0) is 12.8 Å². The van der Waals surface area contributed by atoms with Crippen LogP contribution >= 0.6 is 0 Å². The summed E-state index contributed by atoms with van der Waals surface area (Å²) in [7, 11) is 0. The van der Waals surface area contributed by atoms with Crippen molar-refractivity contribution in [3.63, 3.8) is 0 Å². The van der Waals surface area contributed by atoms with Crippen molar-refractivity contribution in [3.05, 3.63) is 70.8 Å². The molecule has 0 saturated heterocycles. The summed E-state index contributed by atoms with van der Waals surface area (Å²) in [6.07, 6.45) is 2.66. The lowest BCUT2D eigenvalue weighted by Crippen LogP contribution is -2.38. The smallest absolute Gasteiger partial charge is 0.00529 e. The van der Waals surface area contributed by atoms with Crippen molar-refractivity contribution in [3.8, 4) is 0 Å². The van der Waals surface area contributed by atoms with Gasteiger partial charge in [-0.3, -0.25) is 0 Å². The van der Waals surface area contributed by atoms with E-state index in [0.717, 1.165) is 23.7 Å². The average molecular weight is 232 g/mol. The van der Waals surface area contributed by atoms with Gasteiger partial charge < -0.3 is 0 Å². The summed E-state index contributed by atoms with van der Waals surface area (Å²) in [5.41, 5.74) is 6.56. The van der Waals surface area contributed by atoms with E-state index in [4.69, 9.17) is 0 Å². The third-order valence-electron chi connectivity index (χ3n) is 5.60. The van der Waals surface area contributed by atoms with Crippen LogP contribution in [-0.4, -0.2) is 0 Å². The van der Waals surface area contributed by atoms with Crippen molar-refractivity contribution in [1.82, 2.24) is 0 Å². The fraction of sp³-hybridized carbons (Fsp3) is 0.333. The van der Waals surface area contributed by atoms with Gasteiger partial charge in [-0.15, -0.1) is 0 Å². The Morgan fingerprint density at radius 1 is 0.611 bits per heavy atom. The van der Waals surface area contributed by atoms with Gasteiger partial charge in [-0.05, 0) is 58.8 Å². The SMILES string of the molecule is c1ccc2c(c1)CC1C3Cc4ccccc4C3C21. The number of fused-ring (bicyclic) bond motifs is 8. The van der Waals surface area contributed by atoms with Gasteiger partial charge in [-0.2, -0.15) is 0 Å². The minimum absolute atomic E-state index is 0.829. The molecule has 2 aromatic rings. The van der Waals surface area contributed by atoms with E-state index in [1.54, 1.807) is 22.3 Å². The summed E-state index contributed by atoms with van der Waals surface area (Å²) in [4.78, 5) is 0. The molecule has 0 spiro atoms. The summed E-state index contributed by atoms with van der Waals surface area (Å²) in [6.45, 7) is 0. The molecule has 4 atom stereocenters. The number of benzene rings is 2. The Morgan fingerprint density at radius 2 is 1.06 bits per heavy atom. The van der Waals surface area contributed by atoms with Crippen LogP contribution in [0.3, 0.4) is 0 Å². The Hall–Kier alpha value is -1.56. The van der Waals surface area contributed by atoms with Crippen molar-refractivity contribution in [1.29, 1.82) is 0 Å². The fourth-order valence-corrected chi connectivity index (χ4v) is 4.92. The second kappa shape index (κ2) is 3.06. The average Bonchev–Trinajstić information content (AvgIpc) is 2.89. The molecule has 5 rings (SSSR count). The van der Waals surface area contributed by atoms with Gasteiger partial charge in [-0.1, -0.05) is 48.5 Å². The van der Waals surface area contributed by atoms with Crippen molar-refractivity contribution in [2.24, 2.45) is 11.8 Å². The Bertz CT molecular complexity index is 582. The van der Waals surface area contributed by atoms with E-state index < -0.39 is 0 Å². The van der Waals surface area contributed by atoms with E-state index in [9.17, 15) is 0 Å². The molecule has 4 unspecified atom stereocenters. The molecule has 1 fully saturated rings. The van der Waals surface area contributed by atoms with E-state index in [1.165, 1.54) is 12.8 Å². The highest BCUT2D eigenvalue weighted by Crippen LogP contribution is 2.66. The minimum atomic E-state index is 0.829. The van der Waals surface area contributed by atoms with E-state index in [-0.39, 0.29) is 0 Å². The van der Waals surface area contributed by atoms with Crippen LogP contribution in [0, 0.1) is 11.8 Å². The Balaban J connectivity index is 1.66. The van der Waals surface area contributed by atoms with Gasteiger partial charge in [0.05, 0.1) is 0 Å². The molecule has 18 heavy (non-hydrogen) atoms. The van der Waals surface area contributed by atoms with Crippen LogP contribution < -0.4 is 0 Å². The molecule has 0 nitrogen and oxygen atoms in total. The van der Waals surface area contributed by atoms with Gasteiger partial charge >= 0.3 is 0 Å². The predicted molar refractivity (Wildman–Crippen MR) is 72.8 cm³/mol. The van der Waals surface area contributed by atoms with Gasteiger partial charge in [-0.25, -0.2) is 0 Å². The number of hydrogen-bond acceptors (Lipinski definition) is 0. The lowest BCUT2D eigenvalue weighted by atomic mass is 9.57. The second-order valence-electron chi connectivity index (χ2n) is 6.19. The maximum atomic E-state index is 2.37. The molecule has 88 valence electrons. The topological polar surface area (TPSA) is 0 Å². The van der Waals surface area contributed by atoms with E-state index in [0.29, 0.717) is 0 Å². The van der Waals surface area contributed by atoms with E-state index in [1.807, 2.05) is 0 Å². The molecule has 0 aliphatic heterocycles. The van der Waals surface area contributed by atoms with Crippen LogP contribution in [0.1, 0.15) is 34.1 Å². The van der Waals surface area contributed by atoms with E-state index >= 15 is 0 Å². The molecule has 0 heteroatoms. The van der Waals surface area contributed by atoms with Crippen LogP contribution in [0.25, 0.3) is 0 Å². The molecule has 0 N–H and O–H groups in total. The quantitative estimate of drug-likeness (QED) is 0.646. The molecule has 3 aliphatic rings. The molecule has 0 bridgehead atoms. The first-order valence-corrected chi connectivity index (χ1v) is 7.09. The Morgan fingerprint density at radius 3 is 1.56 bits per heavy atom. The maximum absolute atomic E-state index is 2.37. The fourth-order valence-electron chi connectivity index (χ4n) is 4.92. The molecule has 0 radical (unpaired) electrons. The van der Waals surface area contributed by atoms with Gasteiger partial charge in [0, 0.05) is 0 Å². The maximum Gasteiger partial charge on any atom is -0.00529 e. The number of hydrogen-bond donors (Lipinski definition) is 0. The van der Waals surface area contributed by atoms with Crippen molar-refractivity contribution in [2.75, 3.05) is 0 Å². The summed E-state index contributed by atoms with van der Waals surface area (Å²) in [5.74, 6) is 3.52. The third kappa shape index (κ3) is 0.949. The lowest BCUT2D eigenvalue weighted by molar-refractivity contribution is 0.123. The summed E-state index contributed by atoms with van der Waals surface area (Å²) in [5, 5.41) is 0. The Kier molecular flexibility index (Phi) is 1.59. The zero-order valence-corrected chi connectivity index (χ0v) is 10.3. The highest BCUT2D eigenvalue weighted by molar-refractivity contribution is 5.50. The Labute approximate surface area is 108 Å². The normalized spacial score (nSPS) is 34.2. The molecular weight excluding hydrogens is 216 g/mol. The van der Waals surface area contributed by atoms with Crippen molar-refractivity contribution in [2.45, 2.75) is 24.7 Å². The molecule has 0 aromatic heterocycles. The highest BCUT2D eigenvalue weighted by atomic mass is 14.6. The van der Waals surface area contributed by atoms with Gasteiger partial charge in [0.1, 0.15) is 0 Å². The first-order chi connectivity index (χ1) is 8.93. The molecule has 0 heterocycles. The molecule has 1 saturated carbocycles. The standard InChI is InChI=1S/C18H16/c1-3-7-13-11(5-1)9-15-16-10-12-6-2-4-8-14(12)18(16)17(13)15/h1-8,15-18H,9-10H2. The summed E-state index contributed by atoms with van der Waals surface area (Å²) in [6, 6.07) is 18.3. The van der Waals surface area contributed by atoms with Crippen molar-refractivity contribution >= 4 is 0 Å². The van der Waals surface area contributed by atoms with Crippen LogP contribution in [0.15, 0.2) is 48.5 Å². The molecule has 3 aliphatic carbocycles. The predicted octanol–water partition coefficient (Wildman–Crippen LogP) is 3.91. The third-order valence-corrected chi connectivity index (χ3v) is 5.60. The van der Waals surface area contributed by atoms with E-state index in [2.05, 4.69) is 48.5 Å². The summed E-state index contributed by atoms with van der Waals surface area (Å²) < 4.78 is 0. The largest absolute Gasteiger partial charge is 0.0620 e. The molecular formula is C18H16. The summed E-state index contributed by atoms with van der Waals surface area (Å²) >= 11 is 0. The zero-order chi connectivity index (χ0) is 11.7. The lowest BCUT2D eigenvalue weighted by Gasteiger charge is -2.46. The molecule has 0 amide bonds. The van der Waals surface area contributed by atoms with Crippen molar-refractivity contribution < 1.29 is 0 Å². The van der Waals surface area contributed by atoms with Crippen LogP contribution in [0.4, 0.5) is 0 Å². The van der Waals surface area contributed by atoms with Gasteiger partial charge in [0.15, 0.2) is 0 Å². The van der Waals surface area contributed by atoms with Gasteiger partial charge in [0.25, 0.3) is 0 Å². The first kappa shape index (κ1) is 9.38. The molecule has 2 aromatic carbocycles. The minimum Gasteiger partial charge on any atom is -0.0620 e. The van der Waals surface area contributed by atoms with Crippen LogP contribution in [0.5, 0.6) is 0 Å². The number of rotatable bonds is 0.